The molecule has 0 spiro atoms. The Bertz CT molecular complexity index is 835. The number of aromatic nitrogens is 2. The van der Waals surface area contributed by atoms with Crippen LogP contribution in [0.25, 0.3) is 10.9 Å². The van der Waals surface area contributed by atoms with Crippen LogP contribution >= 0.6 is 0 Å². The molecule has 23 heavy (non-hydrogen) atoms. The molecule has 0 unspecified atom stereocenters. The third-order valence-electron chi connectivity index (χ3n) is 4.11. The standard InChI is InChI=1S/C16H20N4O2S/c1-2-8-20(12-7-9-23(21,22)11-12)10-15-18-14-6-4-3-5-13(14)16(17)19-15/h2-6,12H,1,7-11H2,(H2,17,18,19)/t12-/m1/s1. The first-order valence-electron chi connectivity index (χ1n) is 7.55. The zero-order valence-electron chi connectivity index (χ0n) is 12.9. The van der Waals surface area contributed by atoms with E-state index in [1.807, 2.05) is 24.3 Å². The van der Waals surface area contributed by atoms with E-state index in [1.54, 1.807) is 6.08 Å². The summed E-state index contributed by atoms with van der Waals surface area (Å²) in [7, 11) is -2.94. The van der Waals surface area contributed by atoms with Crippen molar-refractivity contribution in [3.8, 4) is 0 Å². The highest BCUT2D eigenvalue weighted by molar-refractivity contribution is 7.91. The molecule has 0 radical (unpaired) electrons. The van der Waals surface area contributed by atoms with Gasteiger partial charge < -0.3 is 5.73 Å². The molecule has 7 heteroatoms. The first kappa shape index (κ1) is 15.9. The smallest absolute Gasteiger partial charge is 0.151 e. The summed E-state index contributed by atoms with van der Waals surface area (Å²) in [6.07, 6.45) is 2.41. The predicted molar refractivity (Wildman–Crippen MR) is 91.6 cm³/mol. The maximum Gasteiger partial charge on any atom is 0.151 e. The average molecular weight is 332 g/mol. The summed E-state index contributed by atoms with van der Waals surface area (Å²) in [6.45, 7) is 4.81. The zero-order chi connectivity index (χ0) is 16.4. The van der Waals surface area contributed by atoms with E-state index in [4.69, 9.17) is 5.73 Å². The van der Waals surface area contributed by atoms with Crippen molar-refractivity contribution < 1.29 is 8.42 Å². The van der Waals surface area contributed by atoms with E-state index in [9.17, 15) is 8.42 Å². The Morgan fingerprint density at radius 1 is 1.35 bits per heavy atom. The van der Waals surface area contributed by atoms with Gasteiger partial charge in [-0.2, -0.15) is 0 Å². The summed E-state index contributed by atoms with van der Waals surface area (Å²) in [5.41, 5.74) is 6.82. The van der Waals surface area contributed by atoms with Crippen molar-refractivity contribution in [2.24, 2.45) is 0 Å². The summed E-state index contributed by atoms with van der Waals surface area (Å²) in [4.78, 5) is 11.0. The lowest BCUT2D eigenvalue weighted by Crippen LogP contribution is -2.36. The Morgan fingerprint density at radius 2 is 2.13 bits per heavy atom. The van der Waals surface area contributed by atoms with Crippen LogP contribution in [0.5, 0.6) is 0 Å². The fourth-order valence-corrected chi connectivity index (χ4v) is 4.74. The van der Waals surface area contributed by atoms with Crippen LogP contribution in [0, 0.1) is 0 Å². The summed E-state index contributed by atoms with van der Waals surface area (Å²) in [5, 5.41) is 0.829. The minimum atomic E-state index is -2.94. The Kier molecular flexibility index (Phi) is 4.32. The number of fused-ring (bicyclic) bond motifs is 1. The number of nitrogen functional groups attached to an aromatic ring is 1. The quantitative estimate of drug-likeness (QED) is 0.832. The Balaban J connectivity index is 1.87. The van der Waals surface area contributed by atoms with Crippen LogP contribution in [0.4, 0.5) is 5.82 Å². The molecule has 0 amide bonds. The molecule has 1 aromatic carbocycles. The average Bonchev–Trinajstić information content (AvgIpc) is 2.87. The van der Waals surface area contributed by atoms with Crippen LogP contribution in [0.1, 0.15) is 12.2 Å². The van der Waals surface area contributed by atoms with Crippen molar-refractivity contribution in [2.45, 2.75) is 19.0 Å². The van der Waals surface area contributed by atoms with Gasteiger partial charge in [0.2, 0.25) is 0 Å². The van der Waals surface area contributed by atoms with Gasteiger partial charge in [0.25, 0.3) is 0 Å². The highest BCUT2D eigenvalue weighted by Crippen LogP contribution is 2.21. The molecule has 0 saturated carbocycles. The molecular formula is C16H20N4O2S. The van der Waals surface area contributed by atoms with Crippen molar-refractivity contribution >= 4 is 26.6 Å². The number of sulfone groups is 1. The second-order valence-electron chi connectivity index (χ2n) is 5.82. The third-order valence-corrected chi connectivity index (χ3v) is 5.86. The van der Waals surface area contributed by atoms with Crippen LogP contribution in [-0.4, -0.2) is 47.4 Å². The zero-order valence-corrected chi connectivity index (χ0v) is 13.7. The summed E-state index contributed by atoms with van der Waals surface area (Å²) in [5.74, 6) is 1.48. The number of anilines is 1. The van der Waals surface area contributed by atoms with E-state index in [0.717, 1.165) is 10.9 Å². The molecule has 2 heterocycles. The minimum Gasteiger partial charge on any atom is -0.383 e. The largest absolute Gasteiger partial charge is 0.383 e. The van der Waals surface area contributed by atoms with Crippen molar-refractivity contribution in [1.82, 2.24) is 14.9 Å². The molecule has 1 aliphatic heterocycles. The van der Waals surface area contributed by atoms with Crippen molar-refractivity contribution in [2.75, 3.05) is 23.8 Å². The number of hydrogen-bond acceptors (Lipinski definition) is 6. The predicted octanol–water partition coefficient (Wildman–Crippen LogP) is 1.39. The van der Waals surface area contributed by atoms with Gasteiger partial charge in [-0.15, -0.1) is 6.58 Å². The van der Waals surface area contributed by atoms with E-state index in [-0.39, 0.29) is 17.5 Å². The molecule has 1 aliphatic rings. The van der Waals surface area contributed by atoms with Gasteiger partial charge in [-0.05, 0) is 18.6 Å². The van der Waals surface area contributed by atoms with Crippen LogP contribution in [0.2, 0.25) is 0 Å². The summed E-state index contributed by atoms with van der Waals surface area (Å²) < 4.78 is 23.5. The van der Waals surface area contributed by atoms with Crippen molar-refractivity contribution in [1.29, 1.82) is 0 Å². The van der Waals surface area contributed by atoms with Gasteiger partial charge in [-0.3, -0.25) is 4.90 Å². The van der Waals surface area contributed by atoms with E-state index < -0.39 is 9.84 Å². The second-order valence-corrected chi connectivity index (χ2v) is 8.05. The molecule has 122 valence electrons. The molecule has 2 N–H and O–H groups in total. The molecule has 3 rings (SSSR count). The van der Waals surface area contributed by atoms with Gasteiger partial charge in [0.1, 0.15) is 11.6 Å². The molecule has 1 saturated heterocycles. The molecule has 2 aromatic rings. The van der Waals surface area contributed by atoms with Gasteiger partial charge >= 0.3 is 0 Å². The molecule has 0 aliphatic carbocycles. The van der Waals surface area contributed by atoms with Crippen molar-refractivity contribution in [3.05, 3.63) is 42.7 Å². The maximum absolute atomic E-state index is 11.7. The molecule has 1 aromatic heterocycles. The first-order valence-corrected chi connectivity index (χ1v) is 9.37. The number of hydrogen-bond donors (Lipinski definition) is 1. The van der Waals surface area contributed by atoms with E-state index in [0.29, 0.717) is 31.2 Å². The summed E-state index contributed by atoms with van der Waals surface area (Å²) >= 11 is 0. The van der Waals surface area contributed by atoms with E-state index in [2.05, 4.69) is 21.4 Å². The Labute approximate surface area is 136 Å². The number of rotatable bonds is 5. The van der Waals surface area contributed by atoms with Crippen LogP contribution in [0.3, 0.4) is 0 Å². The highest BCUT2D eigenvalue weighted by atomic mass is 32.2. The summed E-state index contributed by atoms with van der Waals surface area (Å²) in [6, 6.07) is 7.57. The lowest BCUT2D eigenvalue weighted by Gasteiger charge is -2.26. The van der Waals surface area contributed by atoms with E-state index in [1.165, 1.54) is 0 Å². The monoisotopic (exact) mass is 332 g/mol. The van der Waals surface area contributed by atoms with Gasteiger partial charge in [-0.1, -0.05) is 18.2 Å². The fourth-order valence-electron chi connectivity index (χ4n) is 2.98. The lowest BCUT2D eigenvalue weighted by atomic mass is 10.2. The Morgan fingerprint density at radius 3 is 2.83 bits per heavy atom. The van der Waals surface area contributed by atoms with Gasteiger partial charge in [-0.25, -0.2) is 18.4 Å². The lowest BCUT2D eigenvalue weighted by molar-refractivity contribution is 0.221. The Hall–Kier alpha value is -1.99. The molecule has 0 bridgehead atoms. The molecule has 1 atom stereocenters. The highest BCUT2D eigenvalue weighted by Gasteiger charge is 2.32. The molecule has 1 fully saturated rings. The SMILES string of the molecule is C=CCN(Cc1nc(N)c2ccccc2n1)[C@@H]1CCS(=O)(=O)C1. The maximum atomic E-state index is 11.7. The van der Waals surface area contributed by atoms with Crippen molar-refractivity contribution in [3.63, 3.8) is 0 Å². The van der Waals surface area contributed by atoms with Gasteiger partial charge in [0.05, 0.1) is 23.6 Å². The number of benzene rings is 1. The number of para-hydroxylation sites is 1. The van der Waals surface area contributed by atoms with Crippen LogP contribution in [0.15, 0.2) is 36.9 Å². The fraction of sp³-hybridized carbons (Fsp3) is 0.375. The number of nitrogens with two attached hydrogens (primary N) is 1. The first-order chi connectivity index (χ1) is 11.0. The van der Waals surface area contributed by atoms with Crippen LogP contribution in [-0.2, 0) is 16.4 Å². The normalized spacial score (nSPS) is 20.1. The molecular weight excluding hydrogens is 312 g/mol. The second kappa shape index (κ2) is 6.25. The molecule has 6 nitrogen and oxygen atoms in total. The van der Waals surface area contributed by atoms with E-state index >= 15 is 0 Å². The topological polar surface area (TPSA) is 89.2 Å². The van der Waals surface area contributed by atoms with Gasteiger partial charge in [0.15, 0.2) is 9.84 Å². The van der Waals surface area contributed by atoms with Crippen LogP contribution < -0.4 is 5.73 Å². The minimum absolute atomic E-state index is 0.0192. The third kappa shape index (κ3) is 3.51. The van der Waals surface area contributed by atoms with Gasteiger partial charge in [0, 0.05) is 18.0 Å². The number of nitrogens with zero attached hydrogens (tertiary/aromatic N) is 3.